The second-order valence-electron chi connectivity index (χ2n) is 7.96. The van der Waals surface area contributed by atoms with Gasteiger partial charge in [0, 0.05) is 5.75 Å². The van der Waals surface area contributed by atoms with E-state index in [1.54, 1.807) is 13.2 Å². The molecule has 6 nitrogen and oxygen atoms in total. The lowest BCUT2D eigenvalue weighted by molar-refractivity contribution is 0.194. The van der Waals surface area contributed by atoms with Gasteiger partial charge in [-0.1, -0.05) is 102 Å². The highest BCUT2D eigenvalue weighted by molar-refractivity contribution is 8.00. The number of aliphatic hydroxyl groups excluding tert-OH is 1. The van der Waals surface area contributed by atoms with Gasteiger partial charge in [-0.2, -0.15) is 11.8 Å². The second kappa shape index (κ2) is 22.9. The van der Waals surface area contributed by atoms with E-state index in [2.05, 4.69) is 6.92 Å². The minimum absolute atomic E-state index is 0.0726. The quantitative estimate of drug-likeness (QED) is 0.109. The maximum Gasteiger partial charge on any atom is 0.466 e. The predicted molar refractivity (Wildman–Crippen MR) is 131 cm³/mol. The van der Waals surface area contributed by atoms with Crippen LogP contribution in [0.25, 0.3) is 0 Å². The summed E-state index contributed by atoms with van der Waals surface area (Å²) in [4.78, 5) is 21.6. The molecule has 0 rings (SSSR count). The van der Waals surface area contributed by atoms with Crippen molar-refractivity contribution in [1.82, 2.24) is 0 Å². The number of hydrogen-bond donors (Lipinski definition) is 4. The number of rotatable bonds is 19. The summed E-state index contributed by atoms with van der Waals surface area (Å²) in [5.74, 6) is 1.96. The maximum atomic E-state index is 11.5. The van der Waals surface area contributed by atoms with Gasteiger partial charge >= 0.3 is 7.82 Å². The number of thioether (sulfide) groups is 1. The molecule has 0 radical (unpaired) electrons. The lowest BCUT2D eigenvalue weighted by Crippen LogP contribution is -2.33. The zero-order chi connectivity index (χ0) is 23.3. The Morgan fingerprint density at radius 1 is 0.833 bits per heavy atom. The van der Waals surface area contributed by atoms with E-state index in [0.717, 1.165) is 11.5 Å². The number of hydrogen-bond acceptors (Lipinski definition) is 4. The molecular weight excluding hydrogens is 443 g/mol. The average Bonchev–Trinajstić information content (AvgIpc) is 2.62. The Balaban J connectivity index is 0. The van der Waals surface area contributed by atoms with Crippen molar-refractivity contribution in [3.8, 4) is 0 Å². The topological polar surface area (TPSA) is 121 Å². The fourth-order valence-corrected chi connectivity index (χ4v) is 5.81. The van der Waals surface area contributed by atoms with Crippen molar-refractivity contribution in [2.75, 3.05) is 17.8 Å². The van der Waals surface area contributed by atoms with Gasteiger partial charge in [0.2, 0.25) is 0 Å². The van der Waals surface area contributed by atoms with E-state index < -0.39 is 25.1 Å². The predicted octanol–water partition coefficient (Wildman–Crippen LogP) is 5.40. The number of aliphatic hydroxyl groups is 1. The fraction of sp³-hybridized carbons (Fsp3) is 1.00. The summed E-state index contributed by atoms with van der Waals surface area (Å²) in [6, 6.07) is 0. The Morgan fingerprint density at radius 3 is 1.47 bits per heavy atom. The van der Waals surface area contributed by atoms with Gasteiger partial charge in [-0.15, -0.1) is 0 Å². The monoisotopic (exact) mass is 490 g/mol. The van der Waals surface area contributed by atoms with Crippen molar-refractivity contribution < 1.29 is 28.9 Å². The Bertz CT molecular complexity index is 377. The highest BCUT2D eigenvalue weighted by Crippen LogP contribution is 2.25. The maximum absolute atomic E-state index is 11.5. The van der Waals surface area contributed by atoms with Crippen molar-refractivity contribution >= 4 is 30.8 Å². The summed E-state index contributed by atoms with van der Waals surface area (Å²) in [6.45, 7) is 4.03. The van der Waals surface area contributed by atoms with Crippen LogP contribution in [-0.4, -0.2) is 53.5 Å². The molecule has 0 heterocycles. The summed E-state index contributed by atoms with van der Waals surface area (Å²) in [5, 5.41) is 9.53. The summed E-state index contributed by atoms with van der Waals surface area (Å²) < 4.78 is 20.4. The summed E-state index contributed by atoms with van der Waals surface area (Å²) in [6.07, 6.45) is 20.8. The number of phosphoric acid groups is 1. The summed E-state index contributed by atoms with van der Waals surface area (Å²) >= 11 is 0.927. The molecule has 9 heteroatoms. The summed E-state index contributed by atoms with van der Waals surface area (Å²) in [5.41, 5.74) is 0. The van der Waals surface area contributed by atoms with Gasteiger partial charge in [0.05, 0.1) is 12.4 Å². The molecule has 0 aromatic heterocycles. The van der Waals surface area contributed by atoms with Crippen LogP contribution in [-0.2, 0) is 15.7 Å². The highest BCUT2D eigenvalue weighted by atomic mass is 32.2. The zero-order valence-corrected chi connectivity index (χ0v) is 21.9. The van der Waals surface area contributed by atoms with Crippen LogP contribution >= 0.6 is 19.6 Å². The van der Waals surface area contributed by atoms with Crippen LogP contribution in [0.1, 0.15) is 104 Å². The lowest BCUT2D eigenvalue weighted by atomic mass is 10.0. The molecule has 0 spiro atoms. The van der Waals surface area contributed by atoms with Crippen LogP contribution in [0, 0.1) is 0 Å². The second-order valence-corrected chi connectivity index (χ2v) is 11.7. The molecule has 0 bridgehead atoms. The van der Waals surface area contributed by atoms with Gasteiger partial charge in [0.15, 0.2) is 0 Å². The van der Waals surface area contributed by atoms with Crippen molar-refractivity contribution in [1.29, 1.82) is 0 Å². The van der Waals surface area contributed by atoms with E-state index in [0.29, 0.717) is 0 Å². The molecule has 3 unspecified atom stereocenters. The number of unbranched alkanes of at least 4 members (excludes halogenated alkanes) is 13. The Labute approximate surface area is 192 Å². The van der Waals surface area contributed by atoms with Gasteiger partial charge in [-0.25, -0.2) is 4.57 Å². The molecule has 0 fully saturated rings. The Morgan fingerprint density at radius 2 is 1.17 bits per heavy atom. The van der Waals surface area contributed by atoms with Crippen LogP contribution in [0.15, 0.2) is 0 Å². The molecule has 4 N–H and O–H groups in total. The SMILES string of the molecule is CCCCCCCCCCCCCCCCSCC(C(C)O)[S+](C)[O-].O=P(O)(O)O. The zero-order valence-electron chi connectivity index (χ0n) is 19.3. The first-order valence-electron chi connectivity index (χ1n) is 11.5. The van der Waals surface area contributed by atoms with E-state index in [-0.39, 0.29) is 5.25 Å². The van der Waals surface area contributed by atoms with E-state index in [1.165, 1.54) is 89.9 Å². The van der Waals surface area contributed by atoms with E-state index in [9.17, 15) is 9.66 Å². The third kappa shape index (κ3) is 30.9. The Kier molecular flexibility index (Phi) is 25.1. The molecule has 0 saturated carbocycles. The molecular formula is C21H47O6PS2. The van der Waals surface area contributed by atoms with Gasteiger partial charge in [0.25, 0.3) is 0 Å². The van der Waals surface area contributed by atoms with Gasteiger partial charge in [-0.05, 0) is 19.1 Å². The van der Waals surface area contributed by atoms with Gasteiger partial charge in [-0.3, -0.25) is 0 Å². The van der Waals surface area contributed by atoms with E-state index in [4.69, 9.17) is 19.2 Å². The van der Waals surface area contributed by atoms with Crippen LogP contribution in [0.3, 0.4) is 0 Å². The molecule has 0 aliphatic heterocycles. The molecule has 0 aliphatic rings. The smallest absolute Gasteiger partial charge is 0.466 e. The molecule has 0 amide bonds. The molecule has 0 aromatic rings. The normalized spacial score (nSPS) is 14.7. The molecule has 3 atom stereocenters. The first-order chi connectivity index (χ1) is 14.1. The standard InChI is InChI=1S/C21H44O2S2.H3O4P/c1-4-5-6-7-8-9-10-11-12-13-14-15-16-17-18-24-19-21(20(2)22)25(3)23;1-5(2,3)4/h20-22H,4-19H2,1-3H3;(H3,1,2,3,4). The summed E-state index contributed by atoms with van der Waals surface area (Å²) in [7, 11) is -4.64. The third-order valence-electron chi connectivity index (χ3n) is 4.89. The van der Waals surface area contributed by atoms with Crippen LogP contribution in [0.5, 0.6) is 0 Å². The molecule has 0 saturated heterocycles. The molecule has 184 valence electrons. The molecule has 0 aliphatic carbocycles. The van der Waals surface area contributed by atoms with E-state index >= 15 is 0 Å². The minimum atomic E-state index is -4.64. The highest BCUT2D eigenvalue weighted by Gasteiger charge is 2.23. The first kappa shape index (κ1) is 32.9. The largest absolute Gasteiger partial charge is 0.616 e. The van der Waals surface area contributed by atoms with Crippen LogP contribution in [0.2, 0.25) is 0 Å². The van der Waals surface area contributed by atoms with Crippen molar-refractivity contribution in [2.24, 2.45) is 0 Å². The lowest BCUT2D eigenvalue weighted by Gasteiger charge is -2.20. The first-order valence-corrected chi connectivity index (χ1v) is 15.8. The van der Waals surface area contributed by atoms with Crippen molar-refractivity contribution in [3.63, 3.8) is 0 Å². The fourth-order valence-electron chi connectivity index (χ4n) is 3.11. The molecule has 30 heavy (non-hydrogen) atoms. The average molecular weight is 491 g/mol. The Hall–Kier alpha value is 0.730. The van der Waals surface area contributed by atoms with Crippen molar-refractivity contribution in [3.05, 3.63) is 0 Å². The van der Waals surface area contributed by atoms with Crippen molar-refractivity contribution in [2.45, 2.75) is 115 Å². The van der Waals surface area contributed by atoms with Gasteiger partial charge in [0.1, 0.15) is 5.25 Å². The van der Waals surface area contributed by atoms with Gasteiger partial charge < -0.3 is 24.3 Å². The molecule has 0 aromatic carbocycles. The van der Waals surface area contributed by atoms with Crippen LogP contribution < -0.4 is 0 Å². The minimum Gasteiger partial charge on any atom is -0.616 e. The van der Waals surface area contributed by atoms with E-state index in [1.807, 2.05) is 11.8 Å². The third-order valence-corrected chi connectivity index (χ3v) is 7.69. The van der Waals surface area contributed by atoms with Crippen LogP contribution in [0.4, 0.5) is 0 Å².